The van der Waals surface area contributed by atoms with Crippen LogP contribution in [-0.2, 0) is 14.3 Å². The van der Waals surface area contributed by atoms with Crippen LogP contribution >= 0.6 is 11.6 Å². The van der Waals surface area contributed by atoms with E-state index in [4.69, 9.17) is 16.3 Å². The third-order valence-electron chi connectivity index (χ3n) is 3.50. The van der Waals surface area contributed by atoms with Crippen LogP contribution in [0.25, 0.3) is 0 Å². The van der Waals surface area contributed by atoms with E-state index in [1.165, 1.54) is 31.2 Å². The Labute approximate surface area is 166 Å². The number of carbonyl (C=O) groups excluding carboxylic acids is 4. The number of rotatable bonds is 6. The Balaban J connectivity index is 1.72. The Morgan fingerprint density at radius 3 is 2.14 bits per heavy atom. The van der Waals surface area contributed by atoms with Gasteiger partial charge < -0.3 is 10.1 Å². The molecule has 28 heavy (non-hydrogen) atoms. The fourth-order valence-corrected chi connectivity index (χ4v) is 2.15. The molecule has 0 saturated carbocycles. The third kappa shape index (κ3) is 6.40. The lowest BCUT2D eigenvalue weighted by Crippen LogP contribution is -2.45. The normalized spacial score (nSPS) is 11.1. The van der Waals surface area contributed by atoms with E-state index in [9.17, 15) is 19.2 Å². The van der Waals surface area contributed by atoms with Gasteiger partial charge in [0.15, 0.2) is 6.61 Å². The molecule has 0 bridgehead atoms. The van der Waals surface area contributed by atoms with Crippen LogP contribution in [0.3, 0.4) is 0 Å². The number of ether oxygens (including phenoxy) is 1. The molecule has 0 aliphatic rings. The zero-order chi connectivity index (χ0) is 20.5. The van der Waals surface area contributed by atoms with E-state index in [0.29, 0.717) is 16.1 Å². The van der Waals surface area contributed by atoms with E-state index < -0.39 is 36.3 Å². The number of carbonyl (C=O) groups is 4. The lowest BCUT2D eigenvalue weighted by molar-refractivity contribution is -0.150. The first-order valence-electron chi connectivity index (χ1n) is 8.24. The molecule has 3 amide bonds. The number of halogens is 1. The van der Waals surface area contributed by atoms with Crippen molar-refractivity contribution in [3.05, 3.63) is 70.7 Å². The summed E-state index contributed by atoms with van der Waals surface area (Å²) >= 11 is 5.73. The van der Waals surface area contributed by atoms with Gasteiger partial charge in [-0.3, -0.25) is 25.2 Å². The first-order valence-corrected chi connectivity index (χ1v) is 8.62. The Morgan fingerprint density at radius 2 is 1.50 bits per heavy atom. The van der Waals surface area contributed by atoms with E-state index in [1.54, 1.807) is 30.3 Å². The van der Waals surface area contributed by atoms with E-state index in [-0.39, 0.29) is 0 Å². The molecule has 2 rings (SSSR count). The Kier molecular flexibility index (Phi) is 7.53. The Hall–Kier alpha value is -3.39. The quantitative estimate of drug-likeness (QED) is 0.499. The SMILES string of the molecule is C[C@H](NC(=O)c1ccccc1)C(=O)OCC(=O)NNC(=O)c1ccc(Cl)cc1. The molecule has 9 heteroatoms. The predicted molar refractivity (Wildman–Crippen MR) is 101 cm³/mol. The summed E-state index contributed by atoms with van der Waals surface area (Å²) in [6.45, 7) is 0.814. The fraction of sp³-hybridized carbons (Fsp3) is 0.158. The second kappa shape index (κ2) is 10.1. The predicted octanol–water partition coefficient (Wildman–Crippen LogP) is 1.46. The van der Waals surface area contributed by atoms with Crippen LogP contribution in [0.1, 0.15) is 27.6 Å². The van der Waals surface area contributed by atoms with Crippen molar-refractivity contribution in [1.29, 1.82) is 0 Å². The monoisotopic (exact) mass is 403 g/mol. The zero-order valence-electron chi connectivity index (χ0n) is 14.9. The summed E-state index contributed by atoms with van der Waals surface area (Å²) in [6, 6.07) is 13.4. The minimum atomic E-state index is -0.954. The van der Waals surface area contributed by atoms with Gasteiger partial charge in [0.2, 0.25) is 0 Å². The second-order valence-corrected chi connectivity index (χ2v) is 6.11. The molecule has 0 heterocycles. The van der Waals surface area contributed by atoms with Crippen LogP contribution in [0.2, 0.25) is 5.02 Å². The van der Waals surface area contributed by atoms with Crippen molar-refractivity contribution >= 4 is 35.3 Å². The maximum Gasteiger partial charge on any atom is 0.328 e. The van der Waals surface area contributed by atoms with E-state index in [0.717, 1.165) is 0 Å². The van der Waals surface area contributed by atoms with Crippen LogP contribution < -0.4 is 16.2 Å². The molecule has 0 aliphatic heterocycles. The van der Waals surface area contributed by atoms with Gasteiger partial charge in [-0.25, -0.2) is 4.79 Å². The largest absolute Gasteiger partial charge is 0.454 e. The highest BCUT2D eigenvalue weighted by Crippen LogP contribution is 2.09. The summed E-state index contributed by atoms with van der Waals surface area (Å²) in [5, 5.41) is 2.94. The second-order valence-electron chi connectivity index (χ2n) is 5.68. The van der Waals surface area contributed by atoms with Crippen molar-refractivity contribution in [3.8, 4) is 0 Å². The van der Waals surface area contributed by atoms with Gasteiger partial charge in [-0.05, 0) is 43.3 Å². The van der Waals surface area contributed by atoms with Crippen molar-refractivity contribution in [3.63, 3.8) is 0 Å². The topological polar surface area (TPSA) is 114 Å². The molecule has 0 fully saturated rings. The lowest BCUT2D eigenvalue weighted by Gasteiger charge is -2.13. The third-order valence-corrected chi connectivity index (χ3v) is 3.76. The van der Waals surface area contributed by atoms with Crippen LogP contribution in [0.15, 0.2) is 54.6 Å². The van der Waals surface area contributed by atoms with E-state index >= 15 is 0 Å². The highest BCUT2D eigenvalue weighted by molar-refractivity contribution is 6.30. The fourth-order valence-electron chi connectivity index (χ4n) is 2.03. The van der Waals surface area contributed by atoms with Gasteiger partial charge in [-0.1, -0.05) is 29.8 Å². The van der Waals surface area contributed by atoms with Crippen molar-refractivity contribution < 1.29 is 23.9 Å². The maximum atomic E-state index is 12.0. The minimum Gasteiger partial charge on any atom is -0.454 e. The smallest absolute Gasteiger partial charge is 0.328 e. The van der Waals surface area contributed by atoms with E-state index in [2.05, 4.69) is 16.2 Å². The Bertz CT molecular complexity index is 856. The molecule has 0 radical (unpaired) electrons. The van der Waals surface area contributed by atoms with Crippen molar-refractivity contribution in [1.82, 2.24) is 16.2 Å². The number of amides is 3. The molecular formula is C19H18ClN3O5. The van der Waals surface area contributed by atoms with Gasteiger partial charge in [0.25, 0.3) is 17.7 Å². The number of hydrogen-bond acceptors (Lipinski definition) is 5. The highest BCUT2D eigenvalue weighted by Gasteiger charge is 2.19. The number of esters is 1. The standard InChI is InChI=1S/C19H18ClN3O5/c1-12(21-17(25)13-5-3-2-4-6-13)19(27)28-11-16(24)22-23-18(26)14-7-9-15(20)10-8-14/h2-10,12H,11H2,1H3,(H,21,25)(H,22,24)(H,23,26)/t12-/m0/s1. The molecule has 0 aromatic heterocycles. The molecule has 0 spiro atoms. The minimum absolute atomic E-state index is 0.291. The van der Waals surface area contributed by atoms with Gasteiger partial charge in [0, 0.05) is 16.1 Å². The molecule has 0 saturated heterocycles. The van der Waals surface area contributed by atoms with Crippen LogP contribution in [0.5, 0.6) is 0 Å². The molecule has 146 valence electrons. The zero-order valence-corrected chi connectivity index (χ0v) is 15.7. The summed E-state index contributed by atoms with van der Waals surface area (Å²) in [7, 11) is 0. The molecule has 8 nitrogen and oxygen atoms in total. The molecule has 2 aromatic rings. The first kappa shape index (κ1) is 20.9. The molecule has 0 unspecified atom stereocenters. The summed E-state index contributed by atoms with van der Waals surface area (Å²) in [6.07, 6.45) is 0. The number of nitrogens with one attached hydrogen (secondary N) is 3. The van der Waals surface area contributed by atoms with Crippen molar-refractivity contribution in [2.24, 2.45) is 0 Å². The van der Waals surface area contributed by atoms with Crippen LogP contribution in [0, 0.1) is 0 Å². The summed E-state index contributed by atoms with van der Waals surface area (Å²) in [5.74, 6) is -2.52. The van der Waals surface area contributed by atoms with Gasteiger partial charge >= 0.3 is 5.97 Å². The molecule has 0 aliphatic carbocycles. The molecule has 3 N–H and O–H groups in total. The average Bonchev–Trinajstić information content (AvgIpc) is 2.71. The number of benzene rings is 2. The van der Waals surface area contributed by atoms with E-state index in [1.807, 2.05) is 0 Å². The van der Waals surface area contributed by atoms with Gasteiger partial charge in [-0.15, -0.1) is 0 Å². The van der Waals surface area contributed by atoms with Gasteiger partial charge in [0.1, 0.15) is 6.04 Å². The number of hydrazine groups is 1. The summed E-state index contributed by atoms with van der Waals surface area (Å²) in [5.41, 5.74) is 4.99. The summed E-state index contributed by atoms with van der Waals surface area (Å²) in [4.78, 5) is 47.4. The average molecular weight is 404 g/mol. The Morgan fingerprint density at radius 1 is 0.893 bits per heavy atom. The molecular weight excluding hydrogens is 386 g/mol. The van der Waals surface area contributed by atoms with Crippen molar-refractivity contribution in [2.75, 3.05) is 6.61 Å². The number of hydrogen-bond donors (Lipinski definition) is 3. The van der Waals surface area contributed by atoms with Crippen molar-refractivity contribution in [2.45, 2.75) is 13.0 Å². The molecule has 1 atom stereocenters. The first-order chi connectivity index (χ1) is 13.4. The lowest BCUT2D eigenvalue weighted by atomic mass is 10.2. The highest BCUT2D eigenvalue weighted by atomic mass is 35.5. The van der Waals surface area contributed by atoms with Gasteiger partial charge in [-0.2, -0.15) is 0 Å². The van der Waals surface area contributed by atoms with Crippen LogP contribution in [0.4, 0.5) is 0 Å². The van der Waals surface area contributed by atoms with Crippen LogP contribution in [-0.4, -0.2) is 36.3 Å². The van der Waals surface area contributed by atoms with Gasteiger partial charge in [0.05, 0.1) is 0 Å². The maximum absolute atomic E-state index is 12.0. The molecule has 2 aromatic carbocycles. The summed E-state index contributed by atoms with van der Waals surface area (Å²) < 4.78 is 4.82.